The molecule has 2 aromatic rings. The lowest BCUT2D eigenvalue weighted by Gasteiger charge is -2.22. The third-order valence-electron chi connectivity index (χ3n) is 4.56. The number of halogens is 2. The molecule has 0 unspecified atom stereocenters. The van der Waals surface area contributed by atoms with E-state index in [1.54, 1.807) is 36.2 Å². The summed E-state index contributed by atoms with van der Waals surface area (Å²) >= 11 is 6.03. The fourth-order valence-corrected chi connectivity index (χ4v) is 3.30. The van der Waals surface area contributed by atoms with Gasteiger partial charge in [-0.25, -0.2) is 9.18 Å². The third kappa shape index (κ3) is 4.36. The van der Waals surface area contributed by atoms with Crippen LogP contribution in [-0.2, 0) is 11.3 Å². The molecule has 0 aliphatic carbocycles. The number of amides is 3. The maximum atomic E-state index is 13.2. The number of benzene rings is 2. The Balaban J connectivity index is 1.73. The largest absolute Gasteiger partial charge is 0.495 e. The number of hydrogen-bond acceptors (Lipinski definition) is 3. The molecule has 0 radical (unpaired) electrons. The minimum Gasteiger partial charge on any atom is -0.495 e. The van der Waals surface area contributed by atoms with Crippen molar-refractivity contribution in [3.8, 4) is 5.75 Å². The molecule has 1 fully saturated rings. The summed E-state index contributed by atoms with van der Waals surface area (Å²) in [4.78, 5) is 27.7. The molecule has 8 heteroatoms. The summed E-state index contributed by atoms with van der Waals surface area (Å²) in [6, 6.07) is 8.85. The van der Waals surface area contributed by atoms with Gasteiger partial charge in [0, 0.05) is 37.3 Å². The molecular formula is C20H21ClFN3O3. The number of nitrogens with zero attached hydrogens (tertiary/aromatic N) is 2. The van der Waals surface area contributed by atoms with Crippen LogP contribution in [0.1, 0.15) is 18.4 Å². The fraction of sp³-hybridized carbons (Fsp3) is 0.300. The number of hydrogen-bond donors (Lipinski definition) is 1. The maximum Gasteiger partial charge on any atom is 0.321 e. The van der Waals surface area contributed by atoms with Crippen LogP contribution in [0.2, 0.25) is 5.02 Å². The van der Waals surface area contributed by atoms with Crippen LogP contribution in [0.15, 0.2) is 36.4 Å². The normalized spacial score (nSPS) is 13.6. The van der Waals surface area contributed by atoms with Crippen LogP contribution in [0.25, 0.3) is 0 Å². The van der Waals surface area contributed by atoms with Crippen LogP contribution in [0.5, 0.6) is 5.75 Å². The number of anilines is 2. The molecule has 0 aromatic heterocycles. The molecule has 0 saturated carbocycles. The number of carbonyl (C=O) groups is 2. The van der Waals surface area contributed by atoms with E-state index in [0.717, 1.165) is 6.42 Å². The minimum absolute atomic E-state index is 0.0323. The predicted octanol–water partition coefficient (Wildman–Crippen LogP) is 4.28. The van der Waals surface area contributed by atoms with Crippen LogP contribution < -0.4 is 15.0 Å². The number of methoxy groups -OCH3 is 1. The minimum atomic E-state index is -0.428. The van der Waals surface area contributed by atoms with Gasteiger partial charge >= 0.3 is 6.03 Å². The van der Waals surface area contributed by atoms with E-state index in [9.17, 15) is 14.0 Å². The van der Waals surface area contributed by atoms with E-state index >= 15 is 0 Å². The summed E-state index contributed by atoms with van der Waals surface area (Å²) in [6.07, 6.45) is 1.29. The smallest absolute Gasteiger partial charge is 0.321 e. The van der Waals surface area contributed by atoms with E-state index in [0.29, 0.717) is 35.7 Å². The highest BCUT2D eigenvalue weighted by atomic mass is 35.5. The molecule has 2 aromatic carbocycles. The second-order valence-corrected chi connectivity index (χ2v) is 6.96. The van der Waals surface area contributed by atoms with Crippen molar-refractivity contribution in [1.29, 1.82) is 0 Å². The van der Waals surface area contributed by atoms with Crippen LogP contribution >= 0.6 is 11.6 Å². The average molecular weight is 406 g/mol. The Hall–Kier alpha value is -2.80. The molecule has 1 saturated heterocycles. The van der Waals surface area contributed by atoms with E-state index in [4.69, 9.17) is 16.3 Å². The zero-order chi connectivity index (χ0) is 20.3. The highest BCUT2D eigenvalue weighted by molar-refractivity contribution is 6.31. The number of ether oxygens (including phenoxy) is 1. The third-order valence-corrected chi connectivity index (χ3v) is 4.92. The molecular weight excluding hydrogens is 385 g/mol. The Labute approximate surface area is 167 Å². The lowest BCUT2D eigenvalue weighted by Crippen LogP contribution is -2.31. The Morgan fingerprint density at radius 2 is 2.11 bits per heavy atom. The van der Waals surface area contributed by atoms with Crippen molar-refractivity contribution in [1.82, 2.24) is 4.90 Å². The van der Waals surface area contributed by atoms with Gasteiger partial charge in [-0.3, -0.25) is 4.79 Å². The molecule has 1 aliphatic heterocycles. The van der Waals surface area contributed by atoms with Crippen molar-refractivity contribution in [3.63, 3.8) is 0 Å². The van der Waals surface area contributed by atoms with Gasteiger partial charge in [-0.2, -0.15) is 0 Å². The average Bonchev–Trinajstić information content (AvgIpc) is 3.09. The van der Waals surface area contributed by atoms with E-state index in [-0.39, 0.29) is 23.5 Å². The highest BCUT2D eigenvalue weighted by Gasteiger charge is 2.25. The summed E-state index contributed by atoms with van der Waals surface area (Å²) in [7, 11) is 3.15. The van der Waals surface area contributed by atoms with Crippen molar-refractivity contribution in [2.24, 2.45) is 0 Å². The van der Waals surface area contributed by atoms with Gasteiger partial charge in [0.05, 0.1) is 12.8 Å². The zero-order valence-electron chi connectivity index (χ0n) is 15.7. The van der Waals surface area contributed by atoms with Crippen LogP contribution in [0.3, 0.4) is 0 Å². The molecule has 3 amide bonds. The van der Waals surface area contributed by atoms with E-state index < -0.39 is 5.82 Å². The molecule has 28 heavy (non-hydrogen) atoms. The molecule has 148 valence electrons. The van der Waals surface area contributed by atoms with Crippen molar-refractivity contribution < 1.29 is 18.7 Å². The van der Waals surface area contributed by atoms with E-state index in [2.05, 4.69) is 5.32 Å². The SMILES string of the molecule is COc1ccc(NC(=O)N(C)Cc2ccc(F)cc2Cl)cc1N1CCCC1=O. The van der Waals surface area contributed by atoms with Gasteiger partial charge in [-0.1, -0.05) is 17.7 Å². The van der Waals surface area contributed by atoms with Crippen molar-refractivity contribution in [2.75, 3.05) is 30.9 Å². The number of rotatable bonds is 5. The van der Waals surface area contributed by atoms with Gasteiger partial charge in [0.25, 0.3) is 0 Å². The van der Waals surface area contributed by atoms with Crippen LogP contribution in [-0.4, -0.2) is 37.5 Å². The molecule has 0 atom stereocenters. The topological polar surface area (TPSA) is 61.9 Å². The van der Waals surface area contributed by atoms with Gasteiger partial charge in [-0.05, 0) is 42.3 Å². The van der Waals surface area contributed by atoms with Gasteiger partial charge in [0.15, 0.2) is 0 Å². The monoisotopic (exact) mass is 405 g/mol. The molecule has 0 bridgehead atoms. The molecule has 0 spiro atoms. The van der Waals surface area contributed by atoms with Crippen LogP contribution in [0, 0.1) is 5.82 Å². The van der Waals surface area contributed by atoms with Gasteiger partial charge in [0.2, 0.25) is 5.91 Å². The van der Waals surface area contributed by atoms with Crippen molar-refractivity contribution in [3.05, 3.63) is 52.8 Å². The lowest BCUT2D eigenvalue weighted by molar-refractivity contribution is -0.117. The van der Waals surface area contributed by atoms with Gasteiger partial charge < -0.3 is 19.9 Å². The standard InChI is InChI=1S/C20H21ClFN3O3/c1-24(12-13-5-6-14(22)10-16(13)21)20(27)23-15-7-8-18(28-2)17(11-15)25-9-3-4-19(25)26/h5-8,10-11H,3-4,9,12H2,1-2H3,(H,23,27). The first-order valence-corrected chi connectivity index (χ1v) is 9.21. The second-order valence-electron chi connectivity index (χ2n) is 6.56. The Morgan fingerprint density at radius 1 is 1.32 bits per heavy atom. The van der Waals surface area contributed by atoms with Gasteiger partial charge in [0.1, 0.15) is 11.6 Å². The molecule has 1 N–H and O–H groups in total. The maximum absolute atomic E-state index is 13.2. The molecule has 6 nitrogen and oxygen atoms in total. The Bertz CT molecular complexity index is 906. The first-order valence-electron chi connectivity index (χ1n) is 8.83. The summed E-state index contributed by atoms with van der Waals surface area (Å²) in [6.45, 7) is 0.841. The molecule has 1 aliphatic rings. The molecule has 3 rings (SSSR count). The van der Waals surface area contributed by atoms with Gasteiger partial charge in [-0.15, -0.1) is 0 Å². The Kier molecular flexibility index (Phi) is 6.04. The number of carbonyl (C=O) groups excluding carboxylic acids is 2. The highest BCUT2D eigenvalue weighted by Crippen LogP contribution is 2.34. The Morgan fingerprint density at radius 3 is 2.75 bits per heavy atom. The lowest BCUT2D eigenvalue weighted by atomic mass is 10.2. The second kappa shape index (κ2) is 8.48. The van der Waals surface area contributed by atoms with Crippen molar-refractivity contribution in [2.45, 2.75) is 19.4 Å². The fourth-order valence-electron chi connectivity index (χ4n) is 3.08. The summed E-state index contributed by atoms with van der Waals surface area (Å²) in [5.41, 5.74) is 1.81. The zero-order valence-corrected chi connectivity index (χ0v) is 16.4. The van der Waals surface area contributed by atoms with Crippen molar-refractivity contribution >= 4 is 34.9 Å². The number of urea groups is 1. The molecule has 1 heterocycles. The quantitative estimate of drug-likeness (QED) is 0.807. The van der Waals surface area contributed by atoms with E-state index in [1.807, 2.05) is 0 Å². The summed E-state index contributed by atoms with van der Waals surface area (Å²) in [5, 5.41) is 3.06. The first-order chi connectivity index (χ1) is 13.4. The predicted molar refractivity (Wildman–Crippen MR) is 106 cm³/mol. The van der Waals surface area contributed by atoms with E-state index in [1.165, 1.54) is 24.1 Å². The summed E-state index contributed by atoms with van der Waals surface area (Å²) in [5.74, 6) is 0.174. The van der Waals surface area contributed by atoms with Crippen LogP contribution in [0.4, 0.5) is 20.6 Å². The first kappa shape index (κ1) is 19.9. The number of nitrogens with one attached hydrogen (secondary N) is 1. The summed E-state index contributed by atoms with van der Waals surface area (Å²) < 4.78 is 18.5.